The van der Waals surface area contributed by atoms with E-state index in [1.165, 1.54) is 30.0 Å². The van der Waals surface area contributed by atoms with Crippen molar-refractivity contribution < 1.29 is 0 Å². The first kappa shape index (κ1) is 15.0. The van der Waals surface area contributed by atoms with Gasteiger partial charge in [0.1, 0.15) is 0 Å². The predicted octanol–water partition coefficient (Wildman–Crippen LogP) is 4.35. The summed E-state index contributed by atoms with van der Waals surface area (Å²) in [6.07, 6.45) is 4.03. The first-order chi connectivity index (χ1) is 8.84. The van der Waals surface area contributed by atoms with Gasteiger partial charge in [0, 0.05) is 23.4 Å². The molecule has 3 heteroatoms. The van der Waals surface area contributed by atoms with Crippen LogP contribution in [0.15, 0.2) is 5.38 Å². The van der Waals surface area contributed by atoms with Gasteiger partial charge in [-0.3, -0.25) is 0 Å². The molecule has 1 aliphatic rings. The molecular formula is C16H28N2S. The topological polar surface area (TPSA) is 24.9 Å². The maximum Gasteiger partial charge on any atom is 0.0982 e. The molecule has 1 fully saturated rings. The van der Waals surface area contributed by atoms with Crippen LogP contribution in [0, 0.1) is 11.8 Å². The Labute approximate surface area is 122 Å². The third-order valence-corrected chi connectivity index (χ3v) is 5.26. The number of thiazole rings is 1. The molecule has 1 aromatic heterocycles. The maximum absolute atomic E-state index is 4.76. The van der Waals surface area contributed by atoms with Crippen molar-refractivity contribution in [2.75, 3.05) is 0 Å². The van der Waals surface area contributed by atoms with Gasteiger partial charge >= 0.3 is 0 Å². The van der Waals surface area contributed by atoms with E-state index in [0.717, 1.165) is 18.4 Å². The summed E-state index contributed by atoms with van der Waals surface area (Å²) in [5, 5.41) is 7.16. The van der Waals surface area contributed by atoms with E-state index in [2.05, 4.69) is 45.3 Å². The summed E-state index contributed by atoms with van der Waals surface area (Å²) in [4.78, 5) is 4.76. The molecular weight excluding hydrogens is 252 g/mol. The number of nitrogens with zero attached hydrogens (tertiary/aromatic N) is 1. The van der Waals surface area contributed by atoms with Crippen molar-refractivity contribution in [1.82, 2.24) is 10.3 Å². The average Bonchev–Trinajstić information content (AvgIpc) is 2.73. The zero-order valence-electron chi connectivity index (χ0n) is 13.0. The van der Waals surface area contributed by atoms with Crippen molar-refractivity contribution in [2.45, 2.75) is 71.9 Å². The minimum absolute atomic E-state index is 0.177. The lowest BCUT2D eigenvalue weighted by atomic mass is 9.80. The Hall–Kier alpha value is -0.410. The van der Waals surface area contributed by atoms with E-state index in [-0.39, 0.29) is 5.41 Å². The highest BCUT2D eigenvalue weighted by atomic mass is 32.1. The summed E-state index contributed by atoms with van der Waals surface area (Å²) >= 11 is 1.79. The minimum Gasteiger partial charge on any atom is -0.308 e. The van der Waals surface area contributed by atoms with Crippen molar-refractivity contribution in [2.24, 2.45) is 11.8 Å². The normalized spacial score (nSPS) is 28.6. The van der Waals surface area contributed by atoms with Crippen molar-refractivity contribution in [3.8, 4) is 0 Å². The molecule has 1 aliphatic carbocycles. The highest BCUT2D eigenvalue weighted by molar-refractivity contribution is 7.09. The summed E-state index contributed by atoms with van der Waals surface area (Å²) in [7, 11) is 0. The maximum atomic E-state index is 4.76. The fourth-order valence-electron chi connectivity index (χ4n) is 3.10. The van der Waals surface area contributed by atoms with E-state index < -0.39 is 0 Å². The summed E-state index contributed by atoms with van der Waals surface area (Å²) in [6.45, 7) is 12.4. The van der Waals surface area contributed by atoms with Crippen LogP contribution in [0.1, 0.15) is 64.6 Å². The van der Waals surface area contributed by atoms with E-state index in [0.29, 0.717) is 6.04 Å². The van der Waals surface area contributed by atoms with E-state index >= 15 is 0 Å². The van der Waals surface area contributed by atoms with Crippen molar-refractivity contribution in [3.63, 3.8) is 0 Å². The molecule has 0 spiro atoms. The molecule has 1 saturated carbocycles. The smallest absolute Gasteiger partial charge is 0.0982 e. The molecule has 2 nitrogen and oxygen atoms in total. The fraction of sp³-hybridized carbons (Fsp3) is 0.812. The molecule has 2 unspecified atom stereocenters. The van der Waals surface area contributed by atoms with Crippen LogP contribution < -0.4 is 5.32 Å². The Morgan fingerprint density at radius 3 is 2.37 bits per heavy atom. The lowest BCUT2D eigenvalue weighted by Crippen LogP contribution is -2.36. The van der Waals surface area contributed by atoms with E-state index in [4.69, 9.17) is 4.98 Å². The van der Waals surface area contributed by atoms with Crippen LogP contribution in [-0.2, 0) is 12.0 Å². The number of nitrogens with one attached hydrogen (secondary N) is 1. The van der Waals surface area contributed by atoms with Crippen LogP contribution in [0.5, 0.6) is 0 Å². The fourth-order valence-corrected chi connectivity index (χ4v) is 4.00. The molecule has 0 saturated heterocycles. The molecule has 1 N–H and O–H groups in total. The van der Waals surface area contributed by atoms with Crippen LogP contribution in [0.4, 0.5) is 0 Å². The van der Waals surface area contributed by atoms with Crippen LogP contribution in [0.3, 0.4) is 0 Å². The highest BCUT2D eigenvalue weighted by Gasteiger charge is 2.24. The molecule has 2 rings (SSSR count). The Morgan fingerprint density at radius 2 is 1.84 bits per heavy atom. The average molecular weight is 280 g/mol. The zero-order valence-corrected chi connectivity index (χ0v) is 13.8. The second-order valence-corrected chi connectivity index (χ2v) is 8.25. The standard InChI is InChI=1S/C16H28N2S/c1-11-6-12(2)8-13(7-11)17-9-14-10-19-15(18-14)16(3,4)5/h10-13,17H,6-9H2,1-5H3. The van der Waals surface area contributed by atoms with Gasteiger partial charge in [-0.1, -0.05) is 34.6 Å². The second kappa shape index (κ2) is 5.92. The van der Waals surface area contributed by atoms with Gasteiger partial charge in [0.2, 0.25) is 0 Å². The van der Waals surface area contributed by atoms with Crippen molar-refractivity contribution >= 4 is 11.3 Å². The number of aromatic nitrogens is 1. The number of rotatable bonds is 3. The van der Waals surface area contributed by atoms with Gasteiger partial charge in [-0.05, 0) is 31.1 Å². The predicted molar refractivity (Wildman–Crippen MR) is 83.6 cm³/mol. The Bertz CT molecular complexity index is 395. The molecule has 0 bridgehead atoms. The highest BCUT2D eigenvalue weighted by Crippen LogP contribution is 2.29. The van der Waals surface area contributed by atoms with Crippen LogP contribution in [0.25, 0.3) is 0 Å². The van der Waals surface area contributed by atoms with Gasteiger partial charge < -0.3 is 5.32 Å². The van der Waals surface area contributed by atoms with Crippen molar-refractivity contribution in [3.05, 3.63) is 16.1 Å². The molecule has 0 radical (unpaired) electrons. The summed E-state index contributed by atoms with van der Waals surface area (Å²) in [5.41, 5.74) is 1.39. The Kier molecular flexibility index (Phi) is 4.67. The SMILES string of the molecule is CC1CC(C)CC(NCc2csc(C(C)(C)C)n2)C1. The van der Waals surface area contributed by atoms with E-state index in [1.807, 2.05) is 0 Å². The third-order valence-electron chi connectivity index (χ3n) is 3.94. The Morgan fingerprint density at radius 1 is 1.21 bits per heavy atom. The quantitative estimate of drug-likeness (QED) is 0.890. The molecule has 2 atom stereocenters. The van der Waals surface area contributed by atoms with Gasteiger partial charge in [0.25, 0.3) is 0 Å². The molecule has 1 aromatic rings. The summed E-state index contributed by atoms with van der Waals surface area (Å²) in [5.74, 6) is 1.73. The van der Waals surface area contributed by atoms with E-state index in [9.17, 15) is 0 Å². The number of hydrogen-bond donors (Lipinski definition) is 1. The van der Waals surface area contributed by atoms with Gasteiger partial charge in [0.05, 0.1) is 10.7 Å². The summed E-state index contributed by atoms with van der Waals surface area (Å²) in [6, 6.07) is 0.679. The first-order valence-electron chi connectivity index (χ1n) is 7.53. The van der Waals surface area contributed by atoms with Crippen LogP contribution in [-0.4, -0.2) is 11.0 Å². The van der Waals surface area contributed by atoms with Gasteiger partial charge in [0.15, 0.2) is 0 Å². The lowest BCUT2D eigenvalue weighted by molar-refractivity contribution is 0.238. The number of hydrogen-bond acceptors (Lipinski definition) is 3. The molecule has 108 valence electrons. The molecule has 0 amide bonds. The molecule has 19 heavy (non-hydrogen) atoms. The molecule has 0 aromatic carbocycles. The van der Waals surface area contributed by atoms with Crippen LogP contribution in [0.2, 0.25) is 0 Å². The largest absolute Gasteiger partial charge is 0.308 e. The minimum atomic E-state index is 0.177. The second-order valence-electron chi connectivity index (χ2n) is 7.39. The van der Waals surface area contributed by atoms with Crippen LogP contribution >= 0.6 is 11.3 Å². The summed E-state index contributed by atoms with van der Waals surface area (Å²) < 4.78 is 0. The van der Waals surface area contributed by atoms with Gasteiger partial charge in [-0.2, -0.15) is 0 Å². The molecule has 1 heterocycles. The lowest BCUT2D eigenvalue weighted by Gasteiger charge is -2.32. The first-order valence-corrected chi connectivity index (χ1v) is 8.41. The van der Waals surface area contributed by atoms with Gasteiger partial charge in [-0.15, -0.1) is 11.3 Å². The van der Waals surface area contributed by atoms with Crippen molar-refractivity contribution in [1.29, 1.82) is 0 Å². The monoisotopic (exact) mass is 280 g/mol. The third kappa shape index (κ3) is 4.28. The van der Waals surface area contributed by atoms with Gasteiger partial charge in [-0.25, -0.2) is 4.98 Å². The Balaban J connectivity index is 1.87. The van der Waals surface area contributed by atoms with E-state index in [1.54, 1.807) is 11.3 Å². The molecule has 0 aliphatic heterocycles. The zero-order chi connectivity index (χ0) is 14.0.